The van der Waals surface area contributed by atoms with Gasteiger partial charge in [-0.3, -0.25) is 14.9 Å². The molecule has 160 valence electrons. The number of benzene rings is 2. The first kappa shape index (κ1) is 23.5. The van der Waals surface area contributed by atoms with E-state index in [1.165, 1.54) is 38.3 Å². The molecule has 30 heavy (non-hydrogen) atoms. The van der Waals surface area contributed by atoms with E-state index in [-0.39, 0.29) is 37.9 Å². The number of amides is 1. The van der Waals surface area contributed by atoms with E-state index in [1.807, 2.05) is 0 Å². The van der Waals surface area contributed by atoms with Crippen molar-refractivity contribution >= 4 is 58.1 Å². The van der Waals surface area contributed by atoms with Crippen LogP contribution in [-0.2, 0) is 14.3 Å². The second-order valence-electron chi connectivity index (χ2n) is 5.75. The van der Waals surface area contributed by atoms with Crippen LogP contribution in [-0.4, -0.2) is 36.6 Å². The van der Waals surface area contributed by atoms with Crippen LogP contribution in [0.2, 0.25) is 15.1 Å². The van der Waals surface area contributed by atoms with Crippen LogP contribution in [0.3, 0.4) is 0 Å². The number of carbonyl (C=O) groups excluding carboxylic acids is 2. The molecule has 0 bridgehead atoms. The van der Waals surface area contributed by atoms with Gasteiger partial charge in [0.1, 0.15) is 17.2 Å². The highest BCUT2D eigenvalue weighted by molar-refractivity contribution is 6.43. The molecule has 0 fully saturated rings. The molecule has 0 heterocycles. The Morgan fingerprint density at radius 2 is 1.80 bits per heavy atom. The van der Waals surface area contributed by atoms with Gasteiger partial charge in [0.2, 0.25) is 0 Å². The Labute approximate surface area is 185 Å². The number of halogens is 3. The van der Waals surface area contributed by atoms with Crippen LogP contribution < -0.4 is 14.8 Å². The number of ether oxygens (including phenoxy) is 3. The van der Waals surface area contributed by atoms with Crippen LogP contribution in [0, 0.1) is 10.1 Å². The summed E-state index contributed by atoms with van der Waals surface area (Å²) < 4.78 is 15.1. The van der Waals surface area contributed by atoms with Crippen molar-refractivity contribution in [1.29, 1.82) is 0 Å². The van der Waals surface area contributed by atoms with Crippen LogP contribution in [0.5, 0.6) is 11.5 Å². The Hall–Kier alpha value is -2.75. The lowest BCUT2D eigenvalue weighted by Gasteiger charge is -2.14. The minimum absolute atomic E-state index is 0.0764. The standard InChI is InChI=1S/C18H15Cl3N2O7/c1-9(18(25)22-14-4-3-10(28-2)5-15(14)23(26)27)30-17(24)8-29-16-7-12(20)11(19)6-13(16)21/h3-7,9H,8H2,1-2H3,(H,22,25). The predicted octanol–water partition coefficient (Wildman–Crippen LogP) is 4.51. The molecule has 1 amide bonds. The van der Waals surface area contributed by atoms with Crippen LogP contribution >= 0.6 is 34.8 Å². The van der Waals surface area contributed by atoms with Gasteiger partial charge < -0.3 is 19.5 Å². The number of hydrogen-bond donors (Lipinski definition) is 1. The van der Waals surface area contributed by atoms with Gasteiger partial charge in [-0.2, -0.15) is 0 Å². The fourth-order valence-electron chi connectivity index (χ4n) is 2.17. The van der Waals surface area contributed by atoms with Crippen LogP contribution in [0.15, 0.2) is 30.3 Å². The van der Waals surface area contributed by atoms with Gasteiger partial charge in [0.25, 0.3) is 11.6 Å². The van der Waals surface area contributed by atoms with Crippen LogP contribution in [0.25, 0.3) is 0 Å². The normalized spacial score (nSPS) is 11.4. The first-order valence-electron chi connectivity index (χ1n) is 8.22. The molecular weight excluding hydrogens is 463 g/mol. The summed E-state index contributed by atoms with van der Waals surface area (Å²) in [6, 6.07) is 6.58. The molecule has 9 nitrogen and oxygen atoms in total. The van der Waals surface area contributed by atoms with Gasteiger partial charge in [-0.15, -0.1) is 0 Å². The SMILES string of the molecule is COc1ccc(NC(=O)C(C)OC(=O)COc2cc(Cl)c(Cl)cc2Cl)c([N+](=O)[O-])c1. The number of nitrogens with one attached hydrogen (secondary N) is 1. The summed E-state index contributed by atoms with van der Waals surface area (Å²) in [5.41, 5.74) is -0.452. The van der Waals surface area contributed by atoms with E-state index in [0.29, 0.717) is 0 Å². The van der Waals surface area contributed by atoms with Crippen molar-refractivity contribution in [3.63, 3.8) is 0 Å². The van der Waals surface area contributed by atoms with E-state index in [9.17, 15) is 19.7 Å². The van der Waals surface area contributed by atoms with Gasteiger partial charge >= 0.3 is 5.97 Å². The lowest BCUT2D eigenvalue weighted by Crippen LogP contribution is -2.31. The molecule has 0 aliphatic carbocycles. The van der Waals surface area contributed by atoms with Crippen molar-refractivity contribution in [2.75, 3.05) is 19.0 Å². The molecule has 2 rings (SSSR count). The Morgan fingerprint density at radius 1 is 1.13 bits per heavy atom. The lowest BCUT2D eigenvalue weighted by atomic mass is 10.2. The largest absolute Gasteiger partial charge is 0.496 e. The summed E-state index contributed by atoms with van der Waals surface area (Å²) in [6.07, 6.45) is -1.26. The Kier molecular flexibility index (Phi) is 8.10. The minimum Gasteiger partial charge on any atom is -0.496 e. The topological polar surface area (TPSA) is 117 Å². The number of anilines is 1. The molecule has 2 aromatic carbocycles. The molecule has 0 aliphatic rings. The summed E-state index contributed by atoms with van der Waals surface area (Å²) >= 11 is 17.6. The van der Waals surface area contributed by atoms with E-state index in [1.54, 1.807) is 0 Å². The van der Waals surface area contributed by atoms with E-state index in [0.717, 1.165) is 6.07 Å². The number of rotatable bonds is 8. The molecular formula is C18H15Cl3N2O7. The zero-order valence-electron chi connectivity index (χ0n) is 15.6. The Bertz CT molecular complexity index is 984. The fourth-order valence-corrected chi connectivity index (χ4v) is 2.76. The zero-order valence-corrected chi connectivity index (χ0v) is 17.9. The highest BCUT2D eigenvalue weighted by atomic mass is 35.5. The molecule has 1 atom stereocenters. The molecule has 0 radical (unpaired) electrons. The van der Waals surface area contributed by atoms with Crippen molar-refractivity contribution in [3.05, 3.63) is 55.5 Å². The number of esters is 1. The van der Waals surface area contributed by atoms with Gasteiger partial charge in [-0.25, -0.2) is 4.79 Å². The maximum Gasteiger partial charge on any atom is 0.344 e. The average molecular weight is 478 g/mol. The smallest absolute Gasteiger partial charge is 0.344 e. The maximum atomic E-state index is 12.3. The molecule has 0 aliphatic heterocycles. The minimum atomic E-state index is -1.26. The summed E-state index contributed by atoms with van der Waals surface area (Å²) in [7, 11) is 1.35. The molecule has 1 unspecified atom stereocenters. The Balaban J connectivity index is 1.97. The van der Waals surface area contributed by atoms with Crippen molar-refractivity contribution in [1.82, 2.24) is 0 Å². The van der Waals surface area contributed by atoms with Crippen molar-refractivity contribution < 1.29 is 28.7 Å². The predicted molar refractivity (Wildman–Crippen MR) is 111 cm³/mol. The lowest BCUT2D eigenvalue weighted by molar-refractivity contribution is -0.384. The number of carbonyl (C=O) groups is 2. The van der Waals surface area contributed by atoms with Crippen molar-refractivity contribution in [3.8, 4) is 11.5 Å². The summed E-state index contributed by atoms with van der Waals surface area (Å²) in [5, 5.41) is 14.0. The van der Waals surface area contributed by atoms with E-state index in [4.69, 9.17) is 49.0 Å². The first-order chi connectivity index (χ1) is 14.1. The van der Waals surface area contributed by atoms with E-state index >= 15 is 0 Å². The maximum absolute atomic E-state index is 12.3. The van der Waals surface area contributed by atoms with Crippen LogP contribution in [0.4, 0.5) is 11.4 Å². The third-order valence-corrected chi connectivity index (χ3v) is 4.67. The molecule has 0 spiro atoms. The van der Waals surface area contributed by atoms with Gasteiger partial charge in [-0.1, -0.05) is 34.8 Å². The molecule has 2 aromatic rings. The zero-order chi connectivity index (χ0) is 22.4. The van der Waals surface area contributed by atoms with E-state index < -0.39 is 29.5 Å². The molecule has 0 saturated heterocycles. The fraction of sp³-hybridized carbons (Fsp3) is 0.222. The highest BCUT2D eigenvalue weighted by Gasteiger charge is 2.23. The Morgan fingerprint density at radius 3 is 2.43 bits per heavy atom. The quantitative estimate of drug-likeness (QED) is 0.257. The first-order valence-corrected chi connectivity index (χ1v) is 9.36. The monoisotopic (exact) mass is 476 g/mol. The van der Waals surface area contributed by atoms with Gasteiger partial charge in [0.15, 0.2) is 12.7 Å². The number of hydrogen-bond acceptors (Lipinski definition) is 7. The number of methoxy groups -OCH3 is 1. The molecule has 1 N–H and O–H groups in total. The van der Waals surface area contributed by atoms with Gasteiger partial charge in [0.05, 0.1) is 33.2 Å². The number of nitro benzene ring substituents is 1. The highest BCUT2D eigenvalue weighted by Crippen LogP contribution is 2.34. The molecule has 12 heteroatoms. The summed E-state index contributed by atoms with van der Waals surface area (Å²) in [4.78, 5) is 34.7. The number of nitrogens with zero attached hydrogens (tertiary/aromatic N) is 1. The van der Waals surface area contributed by atoms with Gasteiger partial charge in [0, 0.05) is 6.07 Å². The van der Waals surface area contributed by atoms with Crippen molar-refractivity contribution in [2.45, 2.75) is 13.0 Å². The molecule has 0 saturated carbocycles. The average Bonchev–Trinajstić information content (AvgIpc) is 2.69. The van der Waals surface area contributed by atoms with Gasteiger partial charge in [-0.05, 0) is 25.1 Å². The van der Waals surface area contributed by atoms with Crippen molar-refractivity contribution in [2.24, 2.45) is 0 Å². The molecule has 0 aromatic heterocycles. The second kappa shape index (κ2) is 10.3. The summed E-state index contributed by atoms with van der Waals surface area (Å²) in [6.45, 7) is 0.743. The van der Waals surface area contributed by atoms with E-state index in [2.05, 4.69) is 5.32 Å². The van der Waals surface area contributed by atoms with Crippen LogP contribution in [0.1, 0.15) is 6.92 Å². The second-order valence-corrected chi connectivity index (χ2v) is 6.97. The third-order valence-electron chi connectivity index (χ3n) is 3.66. The third kappa shape index (κ3) is 6.12. The number of nitro groups is 1. The summed E-state index contributed by atoms with van der Waals surface area (Å²) in [5.74, 6) is -1.29.